The molecule has 95 valence electrons. The summed E-state index contributed by atoms with van der Waals surface area (Å²) >= 11 is 0. The molecule has 0 aromatic rings. The Hall–Kier alpha value is -1.04. The quantitative estimate of drug-likeness (QED) is 0.329. The van der Waals surface area contributed by atoms with Gasteiger partial charge in [0.15, 0.2) is 0 Å². The van der Waals surface area contributed by atoms with Gasteiger partial charge in [0.05, 0.1) is 0 Å². The van der Waals surface area contributed by atoms with E-state index in [9.17, 15) is 0 Å². The van der Waals surface area contributed by atoms with Crippen LogP contribution in [0.25, 0.3) is 0 Å². The molecule has 0 nitrogen and oxygen atoms in total. The van der Waals surface area contributed by atoms with Crippen molar-refractivity contribution < 1.29 is 0 Å². The van der Waals surface area contributed by atoms with Crippen LogP contribution in [0, 0.1) is 6.92 Å². The molecule has 0 unspecified atom stereocenters. The average molecular weight is 231 g/mol. The topological polar surface area (TPSA) is 0 Å². The van der Waals surface area contributed by atoms with Gasteiger partial charge in [-0.15, -0.1) is 0 Å². The Morgan fingerprint density at radius 3 is 1.88 bits per heavy atom. The second kappa shape index (κ2) is 15.0. The van der Waals surface area contributed by atoms with E-state index in [4.69, 9.17) is 0 Å². The third kappa shape index (κ3) is 15.0. The van der Waals surface area contributed by atoms with E-state index < -0.39 is 0 Å². The third-order valence-electron chi connectivity index (χ3n) is 2.42. The van der Waals surface area contributed by atoms with Gasteiger partial charge in [0.1, 0.15) is 0 Å². The smallest absolute Gasteiger partial charge is 0.0348 e. The van der Waals surface area contributed by atoms with Crippen LogP contribution in [0.1, 0.15) is 51.9 Å². The summed E-state index contributed by atoms with van der Waals surface area (Å²) in [5.41, 5.74) is 0. The molecular formula is C17H27. The van der Waals surface area contributed by atoms with Crippen LogP contribution in [0.5, 0.6) is 0 Å². The average Bonchev–Trinajstić information content (AvgIpc) is 2.35. The van der Waals surface area contributed by atoms with Gasteiger partial charge in [-0.25, -0.2) is 0 Å². The van der Waals surface area contributed by atoms with Crippen molar-refractivity contribution in [3.05, 3.63) is 55.5 Å². The molecule has 0 aliphatic heterocycles. The molecule has 0 aliphatic carbocycles. The zero-order valence-electron chi connectivity index (χ0n) is 11.3. The van der Waals surface area contributed by atoms with Gasteiger partial charge in [0, 0.05) is 0 Å². The molecule has 0 amide bonds. The minimum absolute atomic E-state index is 0.973. The highest BCUT2D eigenvalue weighted by molar-refractivity contribution is 5.15. The summed E-state index contributed by atoms with van der Waals surface area (Å²) in [6.45, 7) is 6.03. The first-order valence-electron chi connectivity index (χ1n) is 6.86. The van der Waals surface area contributed by atoms with Gasteiger partial charge in [-0.3, -0.25) is 0 Å². The fourth-order valence-electron chi connectivity index (χ4n) is 1.41. The molecule has 0 aromatic carbocycles. The first-order valence-corrected chi connectivity index (χ1v) is 6.86. The summed E-state index contributed by atoms with van der Waals surface area (Å²) < 4.78 is 0. The van der Waals surface area contributed by atoms with Crippen LogP contribution < -0.4 is 0 Å². The third-order valence-corrected chi connectivity index (χ3v) is 2.42. The Morgan fingerprint density at radius 2 is 1.29 bits per heavy atom. The van der Waals surface area contributed by atoms with Crippen molar-refractivity contribution >= 4 is 0 Å². The second-order valence-electron chi connectivity index (χ2n) is 4.12. The lowest BCUT2D eigenvalue weighted by molar-refractivity contribution is 0.674. The standard InChI is InChI=1S/C17H27/c1-3-5-7-9-11-13-15-17-16-14-12-10-8-6-4-2/h7,9,11,13-17H,1,3-6,8,10,12H2,2H3. The van der Waals surface area contributed by atoms with E-state index in [1.165, 1.54) is 32.1 Å². The predicted octanol–water partition coefficient (Wildman–Crippen LogP) is 5.80. The van der Waals surface area contributed by atoms with E-state index in [1.54, 1.807) is 0 Å². The molecule has 0 saturated heterocycles. The molecule has 0 N–H and O–H groups in total. The SMILES string of the molecule is [CH2]CCC=CC=CC=CC=CCCCCCC. The van der Waals surface area contributed by atoms with Crippen LogP contribution in [0.15, 0.2) is 48.6 Å². The minimum atomic E-state index is 0.973. The molecule has 0 saturated carbocycles. The van der Waals surface area contributed by atoms with E-state index in [2.05, 4.69) is 62.5 Å². The second-order valence-corrected chi connectivity index (χ2v) is 4.12. The first-order chi connectivity index (χ1) is 8.41. The largest absolute Gasteiger partial charge is 0.0845 e. The number of hydrogen-bond donors (Lipinski definition) is 0. The maximum atomic E-state index is 3.78. The fourth-order valence-corrected chi connectivity index (χ4v) is 1.41. The number of allylic oxidation sites excluding steroid dienone is 8. The van der Waals surface area contributed by atoms with Crippen molar-refractivity contribution in [2.45, 2.75) is 51.9 Å². The summed E-state index contributed by atoms with van der Waals surface area (Å²) in [7, 11) is 0. The van der Waals surface area contributed by atoms with Gasteiger partial charge < -0.3 is 0 Å². The Balaban J connectivity index is 3.42. The number of unbranched alkanes of at least 4 members (excludes halogenated alkanes) is 5. The highest BCUT2D eigenvalue weighted by atomic mass is 13.9. The molecule has 0 heteroatoms. The monoisotopic (exact) mass is 231 g/mol. The molecule has 0 rings (SSSR count). The van der Waals surface area contributed by atoms with Crippen LogP contribution in [-0.2, 0) is 0 Å². The van der Waals surface area contributed by atoms with Crippen LogP contribution in [0.2, 0.25) is 0 Å². The molecule has 0 heterocycles. The number of rotatable bonds is 10. The van der Waals surface area contributed by atoms with Gasteiger partial charge in [0.25, 0.3) is 0 Å². The van der Waals surface area contributed by atoms with Gasteiger partial charge in [-0.2, -0.15) is 0 Å². The summed E-state index contributed by atoms with van der Waals surface area (Å²) in [6.07, 6.45) is 25.5. The molecule has 0 aromatic heterocycles. The Morgan fingerprint density at radius 1 is 0.706 bits per heavy atom. The predicted molar refractivity (Wildman–Crippen MR) is 79.9 cm³/mol. The molecule has 0 spiro atoms. The zero-order chi connectivity index (χ0) is 12.6. The van der Waals surface area contributed by atoms with Crippen molar-refractivity contribution in [3.8, 4) is 0 Å². The normalized spacial score (nSPS) is 12.8. The minimum Gasteiger partial charge on any atom is -0.0845 e. The van der Waals surface area contributed by atoms with Crippen molar-refractivity contribution in [2.75, 3.05) is 0 Å². The Kier molecular flexibility index (Phi) is 14.0. The van der Waals surface area contributed by atoms with Crippen molar-refractivity contribution in [1.29, 1.82) is 0 Å². The fraction of sp³-hybridized carbons (Fsp3) is 0.471. The maximum Gasteiger partial charge on any atom is -0.0348 e. The summed E-state index contributed by atoms with van der Waals surface area (Å²) in [5, 5.41) is 0. The number of hydrogen-bond acceptors (Lipinski definition) is 0. The molecule has 0 aliphatic rings. The van der Waals surface area contributed by atoms with Gasteiger partial charge in [-0.1, -0.05) is 81.7 Å². The van der Waals surface area contributed by atoms with E-state index >= 15 is 0 Å². The van der Waals surface area contributed by atoms with Gasteiger partial charge in [-0.05, 0) is 25.7 Å². The Bertz CT molecular complexity index is 241. The van der Waals surface area contributed by atoms with Crippen LogP contribution >= 0.6 is 0 Å². The van der Waals surface area contributed by atoms with Crippen molar-refractivity contribution in [3.63, 3.8) is 0 Å². The van der Waals surface area contributed by atoms with E-state index in [1.807, 2.05) is 0 Å². The zero-order valence-corrected chi connectivity index (χ0v) is 11.3. The van der Waals surface area contributed by atoms with Crippen LogP contribution in [0.3, 0.4) is 0 Å². The van der Waals surface area contributed by atoms with E-state index in [0.29, 0.717) is 0 Å². The van der Waals surface area contributed by atoms with Gasteiger partial charge in [0.2, 0.25) is 0 Å². The molecule has 1 radical (unpaired) electrons. The highest BCUT2D eigenvalue weighted by Gasteiger charge is 1.82. The molecule has 0 bridgehead atoms. The van der Waals surface area contributed by atoms with Crippen LogP contribution in [-0.4, -0.2) is 0 Å². The summed E-state index contributed by atoms with van der Waals surface area (Å²) in [6, 6.07) is 0. The maximum absolute atomic E-state index is 3.78. The van der Waals surface area contributed by atoms with Crippen molar-refractivity contribution in [1.82, 2.24) is 0 Å². The lowest BCUT2D eigenvalue weighted by Gasteiger charge is -1.92. The highest BCUT2D eigenvalue weighted by Crippen LogP contribution is 2.02. The first kappa shape index (κ1) is 16.0. The van der Waals surface area contributed by atoms with E-state index in [0.717, 1.165) is 12.8 Å². The summed E-state index contributed by atoms with van der Waals surface area (Å²) in [5.74, 6) is 0. The van der Waals surface area contributed by atoms with Crippen LogP contribution in [0.4, 0.5) is 0 Å². The molecule has 0 atom stereocenters. The molecule has 17 heavy (non-hydrogen) atoms. The van der Waals surface area contributed by atoms with Crippen molar-refractivity contribution in [2.24, 2.45) is 0 Å². The molecular weight excluding hydrogens is 204 g/mol. The summed E-state index contributed by atoms with van der Waals surface area (Å²) in [4.78, 5) is 0. The Labute approximate surface area is 108 Å². The van der Waals surface area contributed by atoms with Gasteiger partial charge >= 0.3 is 0 Å². The molecule has 0 fully saturated rings. The van der Waals surface area contributed by atoms with E-state index in [-0.39, 0.29) is 0 Å². The lowest BCUT2D eigenvalue weighted by Crippen LogP contribution is -1.72. The lowest BCUT2D eigenvalue weighted by atomic mass is 10.1.